The van der Waals surface area contributed by atoms with Crippen molar-refractivity contribution in [2.45, 2.75) is 39.3 Å². The van der Waals surface area contributed by atoms with E-state index in [0.29, 0.717) is 11.8 Å². The number of para-hydroxylation sites is 2. The lowest BCUT2D eigenvalue weighted by Gasteiger charge is -2.45. The summed E-state index contributed by atoms with van der Waals surface area (Å²) in [5.41, 5.74) is 6.54. The maximum absolute atomic E-state index is 4.82. The zero-order valence-electron chi connectivity index (χ0n) is 16.1. The number of rotatable bonds is 2. The molecule has 1 aromatic heterocycles. The lowest BCUT2D eigenvalue weighted by atomic mass is 9.78. The highest BCUT2D eigenvalue weighted by Gasteiger charge is 2.48. The molecule has 3 heteroatoms. The zero-order valence-corrected chi connectivity index (χ0v) is 16.1. The number of aromatic nitrogens is 1. The van der Waals surface area contributed by atoms with E-state index >= 15 is 0 Å². The van der Waals surface area contributed by atoms with Crippen molar-refractivity contribution in [3.63, 3.8) is 0 Å². The molecule has 0 radical (unpaired) electrons. The van der Waals surface area contributed by atoms with Crippen molar-refractivity contribution in [2.24, 2.45) is 5.92 Å². The van der Waals surface area contributed by atoms with Crippen LogP contribution in [0.1, 0.15) is 37.3 Å². The van der Waals surface area contributed by atoms with Crippen molar-refractivity contribution in [1.29, 1.82) is 0 Å². The van der Waals surface area contributed by atoms with E-state index in [1.54, 1.807) is 0 Å². The van der Waals surface area contributed by atoms with Gasteiger partial charge in [0, 0.05) is 23.5 Å². The molecule has 0 saturated heterocycles. The Hall–Kier alpha value is -2.81. The lowest BCUT2D eigenvalue weighted by Crippen LogP contribution is -2.48. The predicted octanol–water partition coefficient (Wildman–Crippen LogP) is 6.15. The molecule has 3 atom stereocenters. The van der Waals surface area contributed by atoms with Crippen LogP contribution in [0.3, 0.4) is 0 Å². The molecule has 0 bridgehead atoms. The molecular weight excluding hydrogens is 330 g/mol. The normalized spacial score (nSPS) is 23.0. The number of hydrogen-bond donors (Lipinski definition) is 0. The van der Waals surface area contributed by atoms with E-state index in [-0.39, 0.29) is 6.17 Å². The third kappa shape index (κ3) is 2.24. The molecule has 27 heavy (non-hydrogen) atoms. The van der Waals surface area contributed by atoms with E-state index < -0.39 is 0 Å². The van der Waals surface area contributed by atoms with Gasteiger partial charge in [0.25, 0.3) is 0 Å². The van der Waals surface area contributed by atoms with E-state index in [1.807, 2.05) is 6.20 Å². The first-order chi connectivity index (χ1) is 13.2. The molecule has 0 amide bonds. The number of hydrogen-bond acceptors (Lipinski definition) is 3. The number of nitrogens with zero attached hydrogens (tertiary/aromatic N) is 3. The van der Waals surface area contributed by atoms with Crippen LogP contribution in [0, 0.1) is 12.8 Å². The Kier molecular flexibility index (Phi) is 3.71. The number of aryl methyl sites for hydroxylation is 1. The molecule has 2 aliphatic heterocycles. The summed E-state index contributed by atoms with van der Waals surface area (Å²) in [4.78, 5) is 9.80. The van der Waals surface area contributed by atoms with Crippen molar-refractivity contribution in [3.8, 4) is 0 Å². The SMILES string of the molecule is CCC1c2ccccc2N2c3ncccc3N(c3ccccc3C)C2C1C. The maximum Gasteiger partial charge on any atom is 0.158 e. The Bertz CT molecular complexity index is 996. The number of pyridine rings is 1. The van der Waals surface area contributed by atoms with E-state index in [4.69, 9.17) is 4.98 Å². The molecule has 3 heterocycles. The second kappa shape index (κ2) is 6.12. The van der Waals surface area contributed by atoms with Crippen molar-refractivity contribution in [2.75, 3.05) is 9.80 Å². The van der Waals surface area contributed by atoms with E-state index in [1.165, 1.54) is 28.2 Å². The van der Waals surface area contributed by atoms with Crippen molar-refractivity contribution < 1.29 is 0 Å². The first-order valence-electron chi connectivity index (χ1n) is 9.90. The minimum absolute atomic E-state index is 0.246. The fourth-order valence-electron chi connectivity index (χ4n) is 5.08. The van der Waals surface area contributed by atoms with Gasteiger partial charge in [0.2, 0.25) is 0 Å². The van der Waals surface area contributed by atoms with E-state index in [9.17, 15) is 0 Å². The molecule has 2 aliphatic rings. The second-order valence-corrected chi connectivity index (χ2v) is 7.72. The smallest absolute Gasteiger partial charge is 0.158 e. The number of fused-ring (bicyclic) bond motifs is 5. The van der Waals surface area contributed by atoms with Gasteiger partial charge >= 0.3 is 0 Å². The predicted molar refractivity (Wildman–Crippen MR) is 112 cm³/mol. The summed E-state index contributed by atoms with van der Waals surface area (Å²) in [6, 6.07) is 21.8. The van der Waals surface area contributed by atoms with Crippen LogP contribution in [0.2, 0.25) is 0 Å². The molecule has 3 nitrogen and oxygen atoms in total. The Morgan fingerprint density at radius 2 is 1.56 bits per heavy atom. The Balaban J connectivity index is 1.78. The molecule has 3 aromatic rings. The van der Waals surface area contributed by atoms with Crippen molar-refractivity contribution in [3.05, 3.63) is 78.0 Å². The lowest BCUT2D eigenvalue weighted by molar-refractivity contribution is 0.360. The van der Waals surface area contributed by atoms with Gasteiger partial charge in [-0.25, -0.2) is 4.98 Å². The van der Waals surface area contributed by atoms with Gasteiger partial charge in [-0.15, -0.1) is 0 Å². The number of anilines is 4. The van der Waals surface area contributed by atoms with Crippen molar-refractivity contribution in [1.82, 2.24) is 4.98 Å². The van der Waals surface area contributed by atoms with Crippen molar-refractivity contribution >= 4 is 22.9 Å². The summed E-state index contributed by atoms with van der Waals surface area (Å²) in [6.07, 6.45) is 3.31. The first kappa shape index (κ1) is 16.4. The Morgan fingerprint density at radius 3 is 2.33 bits per heavy atom. The molecule has 0 N–H and O–H groups in total. The summed E-state index contributed by atoms with van der Waals surface area (Å²) < 4.78 is 0. The molecule has 3 unspecified atom stereocenters. The second-order valence-electron chi connectivity index (χ2n) is 7.72. The summed E-state index contributed by atoms with van der Waals surface area (Å²) in [5, 5.41) is 0. The molecule has 0 fully saturated rings. The van der Waals surface area contributed by atoms with Gasteiger partial charge in [0.15, 0.2) is 5.82 Å². The molecule has 0 saturated carbocycles. The summed E-state index contributed by atoms with van der Waals surface area (Å²) in [5.74, 6) is 2.10. The van der Waals surface area contributed by atoms with Crippen LogP contribution in [0.4, 0.5) is 22.9 Å². The monoisotopic (exact) mass is 355 g/mol. The highest BCUT2D eigenvalue weighted by atomic mass is 15.5. The number of benzene rings is 2. The quantitative estimate of drug-likeness (QED) is 0.549. The van der Waals surface area contributed by atoms with Gasteiger partial charge in [-0.1, -0.05) is 50.2 Å². The minimum atomic E-state index is 0.246. The third-order valence-corrected chi connectivity index (χ3v) is 6.30. The van der Waals surface area contributed by atoms with Gasteiger partial charge < -0.3 is 9.80 Å². The van der Waals surface area contributed by atoms with Crippen LogP contribution in [0.15, 0.2) is 66.9 Å². The average Bonchev–Trinajstić information content (AvgIpc) is 3.05. The van der Waals surface area contributed by atoms with Crippen LogP contribution < -0.4 is 9.80 Å². The average molecular weight is 355 g/mol. The van der Waals surface area contributed by atoms with Crippen LogP contribution in [0.5, 0.6) is 0 Å². The summed E-state index contributed by atoms with van der Waals surface area (Å²) >= 11 is 0. The zero-order chi connectivity index (χ0) is 18.5. The Labute approximate surface area is 161 Å². The van der Waals surface area contributed by atoms with Gasteiger partial charge in [-0.2, -0.15) is 0 Å². The van der Waals surface area contributed by atoms with Gasteiger partial charge in [-0.05, 0) is 54.7 Å². The fourth-order valence-corrected chi connectivity index (χ4v) is 5.08. The van der Waals surface area contributed by atoms with Crippen LogP contribution >= 0.6 is 0 Å². The van der Waals surface area contributed by atoms with E-state index in [0.717, 1.165) is 12.2 Å². The molecule has 0 spiro atoms. The van der Waals surface area contributed by atoms with Gasteiger partial charge in [-0.3, -0.25) is 0 Å². The first-order valence-corrected chi connectivity index (χ1v) is 9.90. The molecule has 5 rings (SSSR count). The van der Waals surface area contributed by atoms with E-state index in [2.05, 4.69) is 91.2 Å². The molecule has 136 valence electrons. The molecule has 2 aromatic carbocycles. The largest absolute Gasteiger partial charge is 0.316 e. The van der Waals surface area contributed by atoms with Crippen LogP contribution in [-0.2, 0) is 0 Å². The minimum Gasteiger partial charge on any atom is -0.316 e. The molecular formula is C24H25N3. The fraction of sp³-hybridized carbons (Fsp3) is 0.292. The molecule has 0 aliphatic carbocycles. The van der Waals surface area contributed by atoms with Gasteiger partial charge in [0.1, 0.15) is 6.17 Å². The highest BCUT2D eigenvalue weighted by Crippen LogP contribution is 2.55. The van der Waals surface area contributed by atoms with Gasteiger partial charge in [0.05, 0.1) is 5.69 Å². The Morgan fingerprint density at radius 1 is 0.852 bits per heavy atom. The standard InChI is InChI=1S/C24H25N3/c1-4-18-17(3)24-26(20-12-7-5-10-16(20)2)22-14-9-15-25-23(22)27(24)21-13-8-6-11-19(18)21/h5-15,17-18,24H,4H2,1-3H3. The van der Waals surface area contributed by atoms with Crippen LogP contribution in [-0.4, -0.2) is 11.1 Å². The summed E-state index contributed by atoms with van der Waals surface area (Å²) in [7, 11) is 0. The highest BCUT2D eigenvalue weighted by molar-refractivity contribution is 5.88. The van der Waals surface area contributed by atoms with Crippen LogP contribution in [0.25, 0.3) is 0 Å². The maximum atomic E-state index is 4.82. The summed E-state index contributed by atoms with van der Waals surface area (Å²) in [6.45, 7) is 6.91. The topological polar surface area (TPSA) is 19.4 Å². The third-order valence-electron chi connectivity index (χ3n) is 6.30.